The number of urea groups is 1. The Hall–Kier alpha value is -3.06. The molecule has 3 unspecified atom stereocenters. The van der Waals surface area contributed by atoms with Gasteiger partial charge >= 0.3 is 6.03 Å². The second-order valence-corrected chi connectivity index (χ2v) is 9.19. The normalized spacial score (nSPS) is 23.8. The van der Waals surface area contributed by atoms with E-state index in [-0.39, 0.29) is 18.3 Å². The third-order valence-electron chi connectivity index (χ3n) is 6.77. The fourth-order valence-electron chi connectivity index (χ4n) is 5.25. The van der Waals surface area contributed by atoms with Gasteiger partial charge in [-0.3, -0.25) is 4.79 Å². The van der Waals surface area contributed by atoms with Gasteiger partial charge in [-0.05, 0) is 67.9 Å². The fourth-order valence-corrected chi connectivity index (χ4v) is 5.25. The average molecular weight is 468 g/mol. The lowest BCUT2D eigenvalue weighted by Crippen LogP contribution is -2.48. The molecular weight excluding hydrogens is 438 g/mol. The SMILES string of the molecule is Cc1cccc(NC(=O)NC2N=C(N3CC4CCC(C4)C3)c3ccccc3N(C)C2=O)c1.Cl. The number of amidine groups is 1. The average Bonchev–Trinajstić information content (AvgIpc) is 3.08. The van der Waals surface area contributed by atoms with Crippen molar-refractivity contribution in [3.63, 3.8) is 0 Å². The van der Waals surface area contributed by atoms with Crippen molar-refractivity contribution < 1.29 is 9.59 Å². The van der Waals surface area contributed by atoms with Gasteiger partial charge in [-0.15, -0.1) is 12.4 Å². The number of nitrogens with zero attached hydrogens (tertiary/aromatic N) is 3. The van der Waals surface area contributed by atoms with E-state index < -0.39 is 12.2 Å². The molecule has 2 aromatic carbocycles. The summed E-state index contributed by atoms with van der Waals surface area (Å²) < 4.78 is 0. The second kappa shape index (κ2) is 9.43. The number of aryl methyl sites for hydroxylation is 1. The molecule has 0 spiro atoms. The monoisotopic (exact) mass is 467 g/mol. The van der Waals surface area contributed by atoms with Crippen molar-refractivity contribution in [2.75, 3.05) is 30.4 Å². The molecule has 0 radical (unpaired) electrons. The Morgan fingerprint density at radius 2 is 1.79 bits per heavy atom. The van der Waals surface area contributed by atoms with E-state index in [0.717, 1.165) is 35.7 Å². The zero-order valence-electron chi connectivity index (χ0n) is 19.0. The largest absolute Gasteiger partial charge is 0.356 e. The number of anilines is 2. The zero-order valence-corrected chi connectivity index (χ0v) is 19.8. The van der Waals surface area contributed by atoms with Crippen LogP contribution in [-0.4, -0.2) is 49.0 Å². The number of nitrogens with one attached hydrogen (secondary N) is 2. The van der Waals surface area contributed by atoms with Crippen molar-refractivity contribution in [2.45, 2.75) is 32.4 Å². The van der Waals surface area contributed by atoms with Crippen LogP contribution in [0.25, 0.3) is 0 Å². The van der Waals surface area contributed by atoms with E-state index in [2.05, 4.69) is 15.5 Å². The summed E-state index contributed by atoms with van der Waals surface area (Å²) in [7, 11) is 1.74. The van der Waals surface area contributed by atoms with Crippen LogP contribution in [0.1, 0.15) is 30.4 Å². The zero-order chi connectivity index (χ0) is 22.2. The van der Waals surface area contributed by atoms with Crippen LogP contribution in [0, 0.1) is 18.8 Å². The maximum atomic E-state index is 13.3. The lowest BCUT2D eigenvalue weighted by molar-refractivity contribution is -0.119. The van der Waals surface area contributed by atoms with E-state index in [1.54, 1.807) is 11.9 Å². The molecule has 1 aliphatic carbocycles. The van der Waals surface area contributed by atoms with E-state index in [4.69, 9.17) is 4.99 Å². The topological polar surface area (TPSA) is 77.0 Å². The molecule has 2 heterocycles. The number of halogens is 1. The molecule has 2 aromatic rings. The summed E-state index contributed by atoms with van der Waals surface area (Å²) in [5.74, 6) is 1.90. The van der Waals surface area contributed by atoms with Crippen LogP contribution in [0.3, 0.4) is 0 Å². The number of likely N-dealkylation sites (N-methyl/N-ethyl adjacent to an activating group) is 1. The molecule has 174 valence electrons. The van der Waals surface area contributed by atoms with Gasteiger partial charge in [0.1, 0.15) is 5.84 Å². The van der Waals surface area contributed by atoms with Crippen molar-refractivity contribution in [2.24, 2.45) is 16.8 Å². The Labute approximate surface area is 200 Å². The van der Waals surface area contributed by atoms with E-state index >= 15 is 0 Å². The number of benzene rings is 2. The molecule has 1 saturated heterocycles. The van der Waals surface area contributed by atoms with Crippen LogP contribution < -0.4 is 15.5 Å². The quantitative estimate of drug-likeness (QED) is 0.700. The minimum absolute atomic E-state index is 0. The highest BCUT2D eigenvalue weighted by Gasteiger charge is 2.38. The van der Waals surface area contributed by atoms with Gasteiger partial charge < -0.3 is 20.4 Å². The number of rotatable bonds is 2. The minimum Gasteiger partial charge on any atom is -0.356 e. The number of fused-ring (bicyclic) bond motifs is 3. The standard InChI is InChI=1S/C25H29N5O2.ClH/c1-16-6-5-7-19(12-16)26-25(32)28-22-24(31)29(2)21-9-4-3-8-20(21)23(27-22)30-14-17-10-11-18(13-17)15-30;/h3-9,12,17-18,22H,10-11,13-15H2,1-2H3,(H2,26,28,32);1H. The molecule has 5 rings (SSSR count). The Kier molecular flexibility index (Phi) is 6.61. The molecule has 3 amide bonds. The first-order chi connectivity index (χ1) is 15.5. The second-order valence-electron chi connectivity index (χ2n) is 9.19. The predicted molar refractivity (Wildman–Crippen MR) is 133 cm³/mol. The van der Waals surface area contributed by atoms with Gasteiger partial charge in [0.2, 0.25) is 6.17 Å². The molecule has 33 heavy (non-hydrogen) atoms. The van der Waals surface area contributed by atoms with Gasteiger partial charge in [0, 0.05) is 31.4 Å². The first-order valence-corrected chi connectivity index (χ1v) is 11.3. The summed E-state index contributed by atoms with van der Waals surface area (Å²) in [6.45, 7) is 3.86. The van der Waals surface area contributed by atoms with Gasteiger partial charge in [0.15, 0.2) is 0 Å². The van der Waals surface area contributed by atoms with Gasteiger partial charge in [0.05, 0.1) is 5.69 Å². The highest BCUT2D eigenvalue weighted by atomic mass is 35.5. The van der Waals surface area contributed by atoms with Gasteiger partial charge in [-0.1, -0.05) is 24.3 Å². The maximum Gasteiger partial charge on any atom is 0.321 e. The maximum absolute atomic E-state index is 13.3. The number of likely N-dealkylation sites (tertiary alicyclic amines) is 1. The fraction of sp³-hybridized carbons (Fsp3) is 0.400. The number of amides is 3. The molecule has 2 N–H and O–H groups in total. The summed E-state index contributed by atoms with van der Waals surface area (Å²) in [6.07, 6.45) is 2.81. The number of carbonyl (C=O) groups is 2. The lowest BCUT2D eigenvalue weighted by atomic mass is 9.97. The molecule has 0 aromatic heterocycles. The van der Waals surface area contributed by atoms with Crippen molar-refractivity contribution in [1.82, 2.24) is 10.2 Å². The number of carbonyl (C=O) groups excluding carboxylic acids is 2. The van der Waals surface area contributed by atoms with Gasteiger partial charge in [-0.25, -0.2) is 9.79 Å². The van der Waals surface area contributed by atoms with E-state index in [9.17, 15) is 9.59 Å². The molecule has 7 nitrogen and oxygen atoms in total. The van der Waals surface area contributed by atoms with Gasteiger partial charge in [-0.2, -0.15) is 0 Å². The summed E-state index contributed by atoms with van der Waals surface area (Å²) in [5.41, 5.74) is 3.48. The third-order valence-corrected chi connectivity index (χ3v) is 6.77. The third kappa shape index (κ3) is 4.69. The summed E-state index contributed by atoms with van der Waals surface area (Å²) >= 11 is 0. The molecule has 2 fully saturated rings. The highest BCUT2D eigenvalue weighted by Crippen LogP contribution is 2.38. The van der Waals surface area contributed by atoms with Crippen LogP contribution in [0.5, 0.6) is 0 Å². The molecule has 8 heteroatoms. The number of piperidine rings is 1. The van der Waals surface area contributed by atoms with Crippen molar-refractivity contribution >= 4 is 41.6 Å². The minimum atomic E-state index is -0.994. The van der Waals surface area contributed by atoms with Crippen LogP contribution in [0.2, 0.25) is 0 Å². The smallest absolute Gasteiger partial charge is 0.321 e. The summed E-state index contributed by atoms with van der Waals surface area (Å²) in [4.78, 5) is 34.8. The van der Waals surface area contributed by atoms with E-state index in [1.165, 1.54) is 19.3 Å². The van der Waals surface area contributed by atoms with Crippen LogP contribution >= 0.6 is 12.4 Å². The number of benzodiazepines with no additional fused rings is 1. The van der Waals surface area contributed by atoms with Gasteiger partial charge in [0.25, 0.3) is 5.91 Å². The number of aliphatic imine (C=N–C) groups is 1. The number of hydrogen-bond acceptors (Lipinski definition) is 4. The molecule has 3 atom stereocenters. The number of hydrogen-bond donors (Lipinski definition) is 2. The summed E-state index contributed by atoms with van der Waals surface area (Å²) in [6, 6.07) is 15.0. The van der Waals surface area contributed by atoms with Crippen molar-refractivity contribution in [3.8, 4) is 0 Å². The van der Waals surface area contributed by atoms with E-state index in [0.29, 0.717) is 17.5 Å². The molecular formula is C25H30ClN5O2. The molecule has 1 saturated carbocycles. The molecule has 2 bridgehead atoms. The van der Waals surface area contributed by atoms with Crippen LogP contribution in [0.4, 0.5) is 16.2 Å². The lowest BCUT2D eigenvalue weighted by Gasteiger charge is -2.34. The Morgan fingerprint density at radius 1 is 1.06 bits per heavy atom. The highest BCUT2D eigenvalue weighted by molar-refractivity contribution is 6.12. The Balaban J connectivity index is 0.00000259. The first-order valence-electron chi connectivity index (χ1n) is 11.3. The van der Waals surface area contributed by atoms with Crippen LogP contribution in [-0.2, 0) is 4.79 Å². The predicted octanol–water partition coefficient (Wildman–Crippen LogP) is 4.02. The van der Waals surface area contributed by atoms with E-state index in [1.807, 2.05) is 55.5 Å². The summed E-state index contributed by atoms with van der Waals surface area (Å²) in [5, 5.41) is 5.62. The molecule has 3 aliphatic rings. The number of para-hydroxylation sites is 1. The van der Waals surface area contributed by atoms with Crippen molar-refractivity contribution in [3.05, 3.63) is 59.7 Å². The van der Waals surface area contributed by atoms with Crippen LogP contribution in [0.15, 0.2) is 53.5 Å². The first kappa shape index (κ1) is 23.1. The van der Waals surface area contributed by atoms with Crippen molar-refractivity contribution in [1.29, 1.82) is 0 Å². The Morgan fingerprint density at radius 3 is 2.52 bits per heavy atom. The Bertz CT molecular complexity index is 1080. The molecule has 2 aliphatic heterocycles.